The molecule has 3 aromatic rings. The molecule has 0 unspecified atom stereocenters. The number of phenols is 1. The van der Waals surface area contributed by atoms with Crippen molar-refractivity contribution in [2.75, 3.05) is 13.2 Å². The topological polar surface area (TPSA) is 58.6 Å². The van der Waals surface area contributed by atoms with Gasteiger partial charge >= 0.3 is 6.09 Å². The molecule has 5 heteroatoms. The minimum atomic E-state index is -0.405. The second-order valence-electron chi connectivity index (χ2n) is 7.15. The second-order valence-corrected chi connectivity index (χ2v) is 8.01. The minimum absolute atomic E-state index is 0.0657. The van der Waals surface area contributed by atoms with E-state index in [1.807, 2.05) is 48.6 Å². The van der Waals surface area contributed by atoms with E-state index in [0.717, 1.165) is 5.56 Å². The number of hydrogen-bond donors (Lipinski definition) is 2. The highest BCUT2D eigenvalue weighted by molar-refractivity contribution is 9.10. The van der Waals surface area contributed by atoms with E-state index in [2.05, 4.69) is 45.5 Å². The van der Waals surface area contributed by atoms with E-state index < -0.39 is 6.09 Å². The summed E-state index contributed by atoms with van der Waals surface area (Å²) in [5.74, 6) is 0.278. The van der Waals surface area contributed by atoms with Crippen molar-refractivity contribution in [1.82, 2.24) is 5.32 Å². The van der Waals surface area contributed by atoms with Crippen LogP contribution in [-0.4, -0.2) is 24.4 Å². The number of nitrogens with one attached hydrogen (secondary N) is 1. The Morgan fingerprint density at radius 1 is 1.03 bits per heavy atom. The van der Waals surface area contributed by atoms with Crippen molar-refractivity contribution in [3.05, 3.63) is 94.0 Å². The monoisotopic (exact) mass is 463 g/mol. The molecule has 4 rings (SSSR count). The van der Waals surface area contributed by atoms with Crippen molar-refractivity contribution in [3.63, 3.8) is 0 Å². The van der Waals surface area contributed by atoms with Gasteiger partial charge in [-0.15, -0.1) is 0 Å². The first-order valence-electron chi connectivity index (χ1n) is 9.87. The Morgan fingerprint density at radius 2 is 1.70 bits per heavy atom. The molecule has 0 saturated carbocycles. The van der Waals surface area contributed by atoms with Gasteiger partial charge in [-0.3, -0.25) is 0 Å². The molecule has 0 fully saturated rings. The van der Waals surface area contributed by atoms with Crippen LogP contribution in [0.15, 0.2) is 77.3 Å². The number of benzene rings is 3. The van der Waals surface area contributed by atoms with Crippen LogP contribution in [0.4, 0.5) is 4.79 Å². The molecule has 0 spiro atoms. The van der Waals surface area contributed by atoms with Crippen LogP contribution >= 0.6 is 15.9 Å². The maximum Gasteiger partial charge on any atom is 0.407 e. The van der Waals surface area contributed by atoms with E-state index in [-0.39, 0.29) is 11.7 Å². The van der Waals surface area contributed by atoms with Crippen molar-refractivity contribution < 1.29 is 14.6 Å². The standard InChI is InChI=1S/C25H22BrNO3/c26-23-15-17(12-13-24(23)28)7-5-6-14-27-25(29)30-16-22-20-10-3-1-8-18(20)19-9-2-4-11-21(19)22/h1-5,7-13,15,22,28H,6,14,16H2,(H,27,29). The summed E-state index contributed by atoms with van der Waals surface area (Å²) in [4.78, 5) is 12.1. The third kappa shape index (κ3) is 4.41. The number of fused-ring (bicyclic) bond motifs is 3. The Balaban J connectivity index is 1.27. The van der Waals surface area contributed by atoms with E-state index in [1.165, 1.54) is 22.3 Å². The number of rotatable bonds is 6. The summed E-state index contributed by atoms with van der Waals surface area (Å²) in [6, 6.07) is 21.9. The number of carbonyl (C=O) groups excluding carboxylic acids is 1. The van der Waals surface area contributed by atoms with E-state index >= 15 is 0 Å². The third-order valence-electron chi connectivity index (χ3n) is 5.21. The molecule has 0 radical (unpaired) electrons. The third-order valence-corrected chi connectivity index (χ3v) is 5.84. The first-order chi connectivity index (χ1) is 14.6. The van der Waals surface area contributed by atoms with Crippen LogP contribution in [0.5, 0.6) is 5.75 Å². The van der Waals surface area contributed by atoms with Crippen LogP contribution in [0, 0.1) is 0 Å². The smallest absolute Gasteiger partial charge is 0.407 e. The zero-order valence-corrected chi connectivity index (χ0v) is 17.9. The van der Waals surface area contributed by atoms with Crippen molar-refractivity contribution in [2.24, 2.45) is 0 Å². The predicted molar refractivity (Wildman–Crippen MR) is 123 cm³/mol. The number of alkyl carbamates (subject to hydrolysis) is 1. The number of amides is 1. The molecule has 3 aromatic carbocycles. The minimum Gasteiger partial charge on any atom is -0.507 e. The molecule has 0 bridgehead atoms. The number of carbonyl (C=O) groups is 1. The first kappa shape index (κ1) is 20.2. The molecule has 0 aliphatic heterocycles. The van der Waals surface area contributed by atoms with E-state index in [9.17, 15) is 9.90 Å². The Labute approximate surface area is 184 Å². The summed E-state index contributed by atoms with van der Waals surface area (Å²) >= 11 is 3.30. The second kappa shape index (κ2) is 9.18. The number of hydrogen-bond acceptors (Lipinski definition) is 3. The normalized spacial score (nSPS) is 12.6. The van der Waals surface area contributed by atoms with Gasteiger partial charge in [0, 0.05) is 12.5 Å². The van der Waals surface area contributed by atoms with Gasteiger partial charge in [0.25, 0.3) is 0 Å². The highest BCUT2D eigenvalue weighted by Gasteiger charge is 2.28. The molecule has 152 valence electrons. The van der Waals surface area contributed by atoms with Gasteiger partial charge in [0.1, 0.15) is 12.4 Å². The Hall–Kier alpha value is -3.05. The lowest BCUT2D eigenvalue weighted by molar-refractivity contribution is 0.143. The SMILES string of the molecule is O=C(NCCC=Cc1ccc(O)c(Br)c1)OCC1c2ccccc2-c2ccccc21. The predicted octanol–water partition coefficient (Wildman–Crippen LogP) is 6.10. The van der Waals surface area contributed by atoms with Crippen LogP contribution in [0.2, 0.25) is 0 Å². The number of aromatic hydroxyl groups is 1. The summed E-state index contributed by atoms with van der Waals surface area (Å²) in [5.41, 5.74) is 5.81. The van der Waals surface area contributed by atoms with Gasteiger partial charge < -0.3 is 15.2 Å². The lowest BCUT2D eigenvalue weighted by Gasteiger charge is -2.14. The van der Waals surface area contributed by atoms with Crippen molar-refractivity contribution in [2.45, 2.75) is 12.3 Å². The maximum atomic E-state index is 12.1. The van der Waals surface area contributed by atoms with E-state index in [1.54, 1.807) is 6.07 Å². The van der Waals surface area contributed by atoms with Crippen molar-refractivity contribution >= 4 is 28.1 Å². The number of phenolic OH excluding ortho intramolecular Hbond substituents is 1. The first-order valence-corrected chi connectivity index (χ1v) is 10.7. The molecule has 0 atom stereocenters. The Kier molecular flexibility index (Phi) is 6.19. The van der Waals surface area contributed by atoms with Gasteiger partial charge in [0.15, 0.2) is 0 Å². The molecular formula is C25H22BrNO3. The van der Waals surface area contributed by atoms with Crippen molar-refractivity contribution in [3.8, 4) is 16.9 Å². The van der Waals surface area contributed by atoms with Gasteiger partial charge in [-0.05, 0) is 62.3 Å². The van der Waals surface area contributed by atoms with Crippen LogP contribution in [0.1, 0.15) is 29.0 Å². The molecule has 0 saturated heterocycles. The Bertz CT molecular complexity index is 1050. The highest BCUT2D eigenvalue weighted by atomic mass is 79.9. The van der Waals surface area contributed by atoms with Crippen LogP contribution in [-0.2, 0) is 4.74 Å². The maximum absolute atomic E-state index is 12.1. The molecular weight excluding hydrogens is 442 g/mol. The van der Waals surface area contributed by atoms with Gasteiger partial charge in [-0.25, -0.2) is 4.79 Å². The summed E-state index contributed by atoms with van der Waals surface area (Å²) < 4.78 is 6.18. The molecule has 30 heavy (non-hydrogen) atoms. The van der Waals surface area contributed by atoms with Crippen molar-refractivity contribution in [1.29, 1.82) is 0 Å². The summed E-state index contributed by atoms with van der Waals surface area (Å²) in [5, 5.41) is 12.3. The quantitative estimate of drug-likeness (QED) is 0.434. The summed E-state index contributed by atoms with van der Waals surface area (Å²) in [6.07, 6.45) is 4.20. The van der Waals surface area contributed by atoms with Gasteiger partial charge in [0.05, 0.1) is 4.47 Å². The lowest BCUT2D eigenvalue weighted by atomic mass is 9.98. The van der Waals surface area contributed by atoms with Gasteiger partial charge in [0.2, 0.25) is 0 Å². The highest BCUT2D eigenvalue weighted by Crippen LogP contribution is 2.44. The average molecular weight is 464 g/mol. The number of halogens is 1. The molecule has 0 aromatic heterocycles. The zero-order chi connectivity index (χ0) is 20.9. The molecule has 1 amide bonds. The van der Waals surface area contributed by atoms with E-state index in [4.69, 9.17) is 4.74 Å². The molecule has 1 aliphatic carbocycles. The molecule has 4 nitrogen and oxygen atoms in total. The summed E-state index contributed by atoms with van der Waals surface area (Å²) in [6.45, 7) is 0.809. The zero-order valence-electron chi connectivity index (χ0n) is 16.3. The largest absolute Gasteiger partial charge is 0.507 e. The number of ether oxygens (including phenoxy) is 1. The fraction of sp³-hybridized carbons (Fsp3) is 0.160. The van der Waals surface area contributed by atoms with E-state index in [0.29, 0.717) is 24.0 Å². The molecule has 1 aliphatic rings. The van der Waals surface area contributed by atoms with Crippen LogP contribution < -0.4 is 5.32 Å². The summed E-state index contributed by atoms with van der Waals surface area (Å²) in [7, 11) is 0. The fourth-order valence-corrected chi connectivity index (χ4v) is 4.15. The van der Waals surface area contributed by atoms with Gasteiger partial charge in [-0.2, -0.15) is 0 Å². The molecule has 2 N–H and O–H groups in total. The Morgan fingerprint density at radius 3 is 2.37 bits per heavy atom. The average Bonchev–Trinajstić information content (AvgIpc) is 3.08. The van der Waals surface area contributed by atoms with Crippen LogP contribution in [0.3, 0.4) is 0 Å². The molecule has 0 heterocycles. The fourth-order valence-electron chi connectivity index (χ4n) is 3.75. The van der Waals surface area contributed by atoms with Gasteiger partial charge in [-0.1, -0.05) is 66.7 Å². The van der Waals surface area contributed by atoms with Crippen LogP contribution in [0.25, 0.3) is 17.2 Å². The lowest BCUT2D eigenvalue weighted by Crippen LogP contribution is -2.26.